The minimum atomic E-state index is -0.476. The molecular weight excluding hydrogens is 174 g/mol. The van der Waals surface area contributed by atoms with Gasteiger partial charge in [0.05, 0.1) is 6.07 Å². The van der Waals surface area contributed by atoms with Crippen LogP contribution in [0.3, 0.4) is 0 Å². The summed E-state index contributed by atoms with van der Waals surface area (Å²) >= 11 is 0. The van der Waals surface area contributed by atoms with E-state index in [9.17, 15) is 4.79 Å². The summed E-state index contributed by atoms with van der Waals surface area (Å²) in [6.45, 7) is 9.61. The van der Waals surface area contributed by atoms with Gasteiger partial charge in [-0.05, 0) is 19.8 Å². The molecule has 0 spiro atoms. The van der Waals surface area contributed by atoms with Crippen molar-refractivity contribution in [1.82, 2.24) is 0 Å². The van der Waals surface area contributed by atoms with E-state index in [1.165, 1.54) is 0 Å². The number of carbonyl (C=O) groups excluding carboxylic acids is 1. The summed E-state index contributed by atoms with van der Waals surface area (Å²) in [5, 5.41) is 9.00. The highest BCUT2D eigenvalue weighted by molar-refractivity contribution is 5.89. The number of allylic oxidation sites excluding steroid dienone is 1. The molecule has 2 nitrogen and oxygen atoms in total. The SMILES string of the molecule is C=C(C)[C@H]1CCC(C)(C)C(=O)[C@H]1C#N. The molecule has 2 atom stereocenters. The first-order valence-corrected chi connectivity index (χ1v) is 4.99. The van der Waals surface area contributed by atoms with Crippen molar-refractivity contribution in [1.29, 1.82) is 5.26 Å². The van der Waals surface area contributed by atoms with Crippen LogP contribution in [-0.2, 0) is 4.79 Å². The van der Waals surface area contributed by atoms with Crippen molar-refractivity contribution in [2.24, 2.45) is 17.3 Å². The standard InChI is InChI=1S/C12H17NO/c1-8(2)9-5-6-12(3,4)11(14)10(9)7-13/h9-10H,1,5-6H2,2-4H3/t9-,10+/m1/s1. The zero-order valence-electron chi connectivity index (χ0n) is 9.13. The Kier molecular flexibility index (Phi) is 2.80. The number of rotatable bonds is 1. The average molecular weight is 191 g/mol. The van der Waals surface area contributed by atoms with Crippen LogP contribution >= 0.6 is 0 Å². The molecule has 0 aromatic heterocycles. The summed E-state index contributed by atoms with van der Waals surface area (Å²) in [4.78, 5) is 11.9. The number of nitriles is 1. The summed E-state index contributed by atoms with van der Waals surface area (Å²) in [6, 6.07) is 2.13. The van der Waals surface area contributed by atoms with Crippen LogP contribution in [0.2, 0.25) is 0 Å². The van der Waals surface area contributed by atoms with Gasteiger partial charge in [0, 0.05) is 11.3 Å². The lowest BCUT2D eigenvalue weighted by Gasteiger charge is -2.36. The van der Waals surface area contributed by atoms with Gasteiger partial charge < -0.3 is 0 Å². The zero-order chi connectivity index (χ0) is 10.9. The van der Waals surface area contributed by atoms with E-state index in [-0.39, 0.29) is 17.1 Å². The Hall–Kier alpha value is -1.10. The number of carbonyl (C=O) groups is 1. The Morgan fingerprint density at radius 3 is 2.64 bits per heavy atom. The monoisotopic (exact) mass is 191 g/mol. The second-order valence-electron chi connectivity index (χ2n) is 4.85. The third-order valence-electron chi connectivity index (χ3n) is 3.20. The molecule has 0 bridgehead atoms. The Morgan fingerprint density at radius 1 is 1.64 bits per heavy atom. The zero-order valence-corrected chi connectivity index (χ0v) is 9.13. The van der Waals surface area contributed by atoms with Gasteiger partial charge in [-0.15, -0.1) is 0 Å². The van der Waals surface area contributed by atoms with Gasteiger partial charge in [-0.1, -0.05) is 26.0 Å². The molecule has 0 saturated heterocycles. The van der Waals surface area contributed by atoms with Crippen LogP contribution in [0.4, 0.5) is 0 Å². The highest BCUT2D eigenvalue weighted by Gasteiger charge is 2.43. The quantitative estimate of drug-likeness (QED) is 0.598. The molecule has 0 aromatic carbocycles. The first kappa shape index (κ1) is 11.0. The third kappa shape index (κ3) is 1.72. The van der Waals surface area contributed by atoms with Gasteiger partial charge in [0.25, 0.3) is 0 Å². The highest BCUT2D eigenvalue weighted by Crippen LogP contribution is 2.41. The van der Waals surface area contributed by atoms with E-state index in [1.54, 1.807) is 0 Å². The summed E-state index contributed by atoms with van der Waals surface area (Å²) in [5.41, 5.74) is 0.632. The second kappa shape index (κ2) is 3.57. The smallest absolute Gasteiger partial charge is 0.156 e. The molecule has 76 valence electrons. The van der Waals surface area contributed by atoms with Crippen molar-refractivity contribution in [3.05, 3.63) is 12.2 Å². The number of ketones is 1. The molecule has 1 fully saturated rings. The van der Waals surface area contributed by atoms with Gasteiger partial charge in [-0.3, -0.25) is 4.79 Å². The maximum Gasteiger partial charge on any atom is 0.156 e. The molecule has 0 radical (unpaired) electrons. The Balaban J connectivity index is 2.96. The van der Waals surface area contributed by atoms with Crippen molar-refractivity contribution in [3.63, 3.8) is 0 Å². The molecule has 14 heavy (non-hydrogen) atoms. The Labute approximate surface area is 85.6 Å². The fraction of sp³-hybridized carbons (Fsp3) is 0.667. The molecule has 0 aliphatic heterocycles. The minimum absolute atomic E-state index is 0.0699. The molecule has 0 heterocycles. The largest absolute Gasteiger partial charge is 0.298 e. The highest BCUT2D eigenvalue weighted by atomic mass is 16.1. The van der Waals surface area contributed by atoms with E-state index >= 15 is 0 Å². The molecule has 0 unspecified atom stereocenters. The second-order valence-corrected chi connectivity index (χ2v) is 4.85. The fourth-order valence-electron chi connectivity index (χ4n) is 2.09. The van der Waals surface area contributed by atoms with Crippen molar-refractivity contribution >= 4 is 5.78 Å². The minimum Gasteiger partial charge on any atom is -0.298 e. The maximum atomic E-state index is 11.9. The Bertz CT molecular complexity index is 309. The van der Waals surface area contributed by atoms with Crippen molar-refractivity contribution in [2.45, 2.75) is 33.6 Å². The van der Waals surface area contributed by atoms with E-state index in [0.29, 0.717) is 0 Å². The molecule has 0 N–H and O–H groups in total. The van der Waals surface area contributed by atoms with Crippen LogP contribution < -0.4 is 0 Å². The number of nitrogens with zero attached hydrogens (tertiary/aromatic N) is 1. The molecule has 1 aliphatic rings. The van der Waals surface area contributed by atoms with Gasteiger partial charge in [0.15, 0.2) is 5.78 Å². The van der Waals surface area contributed by atoms with Gasteiger partial charge in [-0.2, -0.15) is 5.26 Å². The summed E-state index contributed by atoms with van der Waals surface area (Å²) in [5.74, 6) is -0.323. The van der Waals surface area contributed by atoms with Crippen LogP contribution in [0.1, 0.15) is 33.6 Å². The lowest BCUT2D eigenvalue weighted by atomic mass is 9.65. The molecule has 1 rings (SSSR count). The lowest BCUT2D eigenvalue weighted by Crippen LogP contribution is -2.40. The lowest BCUT2D eigenvalue weighted by molar-refractivity contribution is -0.133. The van der Waals surface area contributed by atoms with Crippen LogP contribution in [0.5, 0.6) is 0 Å². The van der Waals surface area contributed by atoms with Crippen LogP contribution in [0.25, 0.3) is 0 Å². The maximum absolute atomic E-state index is 11.9. The van der Waals surface area contributed by atoms with Gasteiger partial charge >= 0.3 is 0 Å². The fourth-order valence-corrected chi connectivity index (χ4v) is 2.09. The van der Waals surface area contributed by atoms with E-state index < -0.39 is 5.92 Å². The average Bonchev–Trinajstić information content (AvgIpc) is 2.09. The van der Waals surface area contributed by atoms with Gasteiger partial charge in [0.1, 0.15) is 5.92 Å². The van der Waals surface area contributed by atoms with Crippen molar-refractivity contribution in [2.75, 3.05) is 0 Å². The molecule has 1 aliphatic carbocycles. The molecular formula is C12H17NO. The summed E-state index contributed by atoms with van der Waals surface area (Å²) in [7, 11) is 0. The van der Waals surface area contributed by atoms with Crippen molar-refractivity contribution < 1.29 is 4.79 Å². The molecule has 0 amide bonds. The molecule has 2 heteroatoms. The molecule has 0 aromatic rings. The Morgan fingerprint density at radius 2 is 2.21 bits per heavy atom. The van der Waals surface area contributed by atoms with Gasteiger partial charge in [0.2, 0.25) is 0 Å². The van der Waals surface area contributed by atoms with E-state index in [1.807, 2.05) is 20.8 Å². The van der Waals surface area contributed by atoms with Gasteiger partial charge in [-0.25, -0.2) is 0 Å². The summed E-state index contributed by atoms with van der Waals surface area (Å²) in [6.07, 6.45) is 1.77. The van der Waals surface area contributed by atoms with Crippen LogP contribution in [0, 0.1) is 28.6 Å². The predicted octanol–water partition coefficient (Wildman–Crippen LogP) is 2.71. The number of hydrogen-bond donors (Lipinski definition) is 0. The number of Topliss-reactive ketones (excluding diaryl/α,β-unsaturated/α-hetero) is 1. The van der Waals surface area contributed by atoms with Crippen molar-refractivity contribution in [3.8, 4) is 6.07 Å². The summed E-state index contributed by atoms with van der Waals surface area (Å²) < 4.78 is 0. The molecule has 1 saturated carbocycles. The van der Waals surface area contributed by atoms with Crippen LogP contribution in [-0.4, -0.2) is 5.78 Å². The van der Waals surface area contributed by atoms with E-state index in [2.05, 4.69) is 12.6 Å². The first-order valence-electron chi connectivity index (χ1n) is 4.99. The van der Waals surface area contributed by atoms with Crippen LogP contribution in [0.15, 0.2) is 12.2 Å². The normalized spacial score (nSPS) is 30.9. The topological polar surface area (TPSA) is 40.9 Å². The number of hydrogen-bond acceptors (Lipinski definition) is 2. The van der Waals surface area contributed by atoms with E-state index in [0.717, 1.165) is 18.4 Å². The first-order chi connectivity index (χ1) is 6.40. The third-order valence-corrected chi connectivity index (χ3v) is 3.20. The predicted molar refractivity (Wildman–Crippen MR) is 55.4 cm³/mol. The van der Waals surface area contributed by atoms with E-state index in [4.69, 9.17) is 5.26 Å².